The van der Waals surface area contributed by atoms with Crippen LogP contribution in [0.1, 0.15) is 0 Å². The van der Waals surface area contributed by atoms with Crippen molar-refractivity contribution in [2.45, 2.75) is 6.04 Å². The second-order valence-electron chi connectivity index (χ2n) is 2.75. The topological polar surface area (TPSA) is 69.6 Å². The van der Waals surface area contributed by atoms with Crippen LogP contribution in [0.15, 0.2) is 0 Å². The molecule has 0 aromatic heterocycles. The van der Waals surface area contributed by atoms with Gasteiger partial charge in [-0.05, 0) is 0 Å². The highest BCUT2D eigenvalue weighted by molar-refractivity contribution is 6.27. The van der Waals surface area contributed by atoms with E-state index in [1.54, 1.807) is 4.90 Å². The van der Waals surface area contributed by atoms with E-state index in [0.717, 1.165) is 0 Å². The molecule has 1 aliphatic heterocycles. The number of Topliss-reactive ketones (excluding diaryl/α,β-unsaturated/α-hetero) is 1. The van der Waals surface area contributed by atoms with Gasteiger partial charge in [0.2, 0.25) is 5.78 Å². The Morgan fingerprint density at radius 2 is 2.50 bits per heavy atom. The quantitative estimate of drug-likeness (QED) is 0.380. The number of aliphatic hydroxyl groups excluding tert-OH is 1. The van der Waals surface area contributed by atoms with E-state index >= 15 is 0 Å². The maximum atomic E-state index is 10.9. The van der Waals surface area contributed by atoms with Gasteiger partial charge in [0.05, 0.1) is 12.8 Å². The van der Waals surface area contributed by atoms with Crippen LogP contribution in [0.3, 0.4) is 0 Å². The number of carbonyl (C=O) groups is 2. The Balaban J connectivity index is 2.45. The molecule has 1 unspecified atom stereocenters. The minimum atomic E-state index is -0.451. The number of aldehydes is 1. The van der Waals surface area contributed by atoms with Gasteiger partial charge in [0.15, 0.2) is 6.29 Å². The highest BCUT2D eigenvalue weighted by Crippen LogP contribution is 1.97. The molecule has 0 saturated carbocycles. The van der Waals surface area contributed by atoms with E-state index in [1.165, 1.54) is 0 Å². The van der Waals surface area contributed by atoms with E-state index in [-0.39, 0.29) is 6.73 Å². The first-order valence-electron chi connectivity index (χ1n) is 3.83. The van der Waals surface area contributed by atoms with Gasteiger partial charge in [-0.2, -0.15) is 0 Å². The third-order valence-electron chi connectivity index (χ3n) is 1.92. The minimum Gasteiger partial charge on any atom is -0.381 e. The molecule has 1 rings (SSSR count). The molecule has 1 heterocycles. The van der Waals surface area contributed by atoms with Crippen molar-refractivity contribution < 1.29 is 14.7 Å². The highest BCUT2D eigenvalue weighted by atomic mass is 16.3. The second kappa shape index (κ2) is 4.30. The first-order valence-corrected chi connectivity index (χ1v) is 3.83. The summed E-state index contributed by atoms with van der Waals surface area (Å²) < 4.78 is 0. The van der Waals surface area contributed by atoms with Crippen LogP contribution in [0.25, 0.3) is 0 Å². The Morgan fingerprint density at radius 3 is 3.08 bits per heavy atom. The summed E-state index contributed by atoms with van der Waals surface area (Å²) in [6.45, 7) is 1.68. The van der Waals surface area contributed by atoms with Gasteiger partial charge in [-0.25, -0.2) is 0 Å². The summed E-state index contributed by atoms with van der Waals surface area (Å²) in [7, 11) is 0. The SMILES string of the molecule is O=CC(=O)C1CN(CO)CCN1. The van der Waals surface area contributed by atoms with Crippen molar-refractivity contribution in [2.24, 2.45) is 0 Å². The fourth-order valence-corrected chi connectivity index (χ4v) is 1.21. The van der Waals surface area contributed by atoms with Crippen LogP contribution in [0.2, 0.25) is 0 Å². The molecule has 68 valence electrons. The third-order valence-corrected chi connectivity index (χ3v) is 1.92. The Labute approximate surface area is 70.4 Å². The fourth-order valence-electron chi connectivity index (χ4n) is 1.21. The summed E-state index contributed by atoms with van der Waals surface area (Å²) in [6, 6.07) is -0.441. The molecule has 1 fully saturated rings. The van der Waals surface area contributed by atoms with Gasteiger partial charge in [-0.1, -0.05) is 0 Å². The van der Waals surface area contributed by atoms with Gasteiger partial charge in [-0.15, -0.1) is 0 Å². The molecule has 0 radical (unpaired) electrons. The smallest absolute Gasteiger partial charge is 0.213 e. The van der Waals surface area contributed by atoms with Gasteiger partial charge >= 0.3 is 0 Å². The van der Waals surface area contributed by atoms with Crippen molar-refractivity contribution >= 4 is 12.1 Å². The van der Waals surface area contributed by atoms with Gasteiger partial charge in [0.1, 0.15) is 0 Å². The molecular weight excluding hydrogens is 160 g/mol. The van der Waals surface area contributed by atoms with Crippen LogP contribution in [0.4, 0.5) is 0 Å². The predicted octanol–water partition coefficient (Wildman–Crippen LogP) is -2.02. The predicted molar refractivity (Wildman–Crippen MR) is 41.5 cm³/mol. The second-order valence-corrected chi connectivity index (χ2v) is 2.75. The molecule has 0 aliphatic carbocycles. The van der Waals surface area contributed by atoms with E-state index in [0.29, 0.717) is 25.9 Å². The summed E-state index contributed by atoms with van der Waals surface area (Å²) in [5.74, 6) is -0.451. The first-order chi connectivity index (χ1) is 5.77. The highest BCUT2D eigenvalue weighted by Gasteiger charge is 2.23. The Hall–Kier alpha value is -0.780. The number of nitrogens with zero attached hydrogens (tertiary/aromatic N) is 1. The van der Waals surface area contributed by atoms with Crippen molar-refractivity contribution in [2.75, 3.05) is 26.4 Å². The number of hydrogen-bond donors (Lipinski definition) is 2. The summed E-state index contributed by atoms with van der Waals surface area (Å²) in [6.07, 6.45) is 0.318. The molecule has 0 bridgehead atoms. The van der Waals surface area contributed by atoms with Crippen LogP contribution < -0.4 is 5.32 Å². The van der Waals surface area contributed by atoms with Crippen molar-refractivity contribution in [1.82, 2.24) is 10.2 Å². The van der Waals surface area contributed by atoms with E-state index in [1.807, 2.05) is 0 Å². The van der Waals surface area contributed by atoms with E-state index < -0.39 is 11.8 Å². The molecule has 0 aromatic rings. The number of hydrogen-bond acceptors (Lipinski definition) is 5. The summed E-state index contributed by atoms with van der Waals surface area (Å²) in [5, 5.41) is 11.7. The molecule has 0 aromatic carbocycles. The van der Waals surface area contributed by atoms with Crippen molar-refractivity contribution in [1.29, 1.82) is 0 Å². The number of piperazine rings is 1. The maximum absolute atomic E-state index is 10.9. The van der Waals surface area contributed by atoms with Crippen LogP contribution in [0.5, 0.6) is 0 Å². The van der Waals surface area contributed by atoms with Gasteiger partial charge in [-0.3, -0.25) is 14.5 Å². The molecule has 1 saturated heterocycles. The lowest BCUT2D eigenvalue weighted by molar-refractivity contribution is -0.132. The summed E-state index contributed by atoms with van der Waals surface area (Å²) >= 11 is 0. The number of aliphatic hydroxyl groups is 1. The zero-order chi connectivity index (χ0) is 8.97. The summed E-state index contributed by atoms with van der Waals surface area (Å²) in [4.78, 5) is 22.7. The van der Waals surface area contributed by atoms with Gasteiger partial charge in [0, 0.05) is 19.6 Å². The van der Waals surface area contributed by atoms with E-state index in [4.69, 9.17) is 5.11 Å². The van der Waals surface area contributed by atoms with E-state index in [9.17, 15) is 9.59 Å². The van der Waals surface area contributed by atoms with Crippen molar-refractivity contribution in [3.05, 3.63) is 0 Å². The van der Waals surface area contributed by atoms with Crippen LogP contribution in [0, 0.1) is 0 Å². The molecule has 12 heavy (non-hydrogen) atoms. The average Bonchev–Trinajstić information content (AvgIpc) is 2.17. The lowest BCUT2D eigenvalue weighted by atomic mass is 10.1. The van der Waals surface area contributed by atoms with Crippen LogP contribution >= 0.6 is 0 Å². The van der Waals surface area contributed by atoms with Crippen molar-refractivity contribution in [3.63, 3.8) is 0 Å². The van der Waals surface area contributed by atoms with Crippen LogP contribution in [-0.2, 0) is 9.59 Å². The molecule has 5 nitrogen and oxygen atoms in total. The van der Waals surface area contributed by atoms with Gasteiger partial charge < -0.3 is 10.4 Å². The number of ketones is 1. The maximum Gasteiger partial charge on any atom is 0.213 e. The number of carbonyl (C=O) groups excluding carboxylic acids is 2. The zero-order valence-corrected chi connectivity index (χ0v) is 6.69. The van der Waals surface area contributed by atoms with Crippen LogP contribution in [-0.4, -0.2) is 54.5 Å². The Morgan fingerprint density at radius 1 is 1.75 bits per heavy atom. The Bertz CT molecular complexity index is 183. The number of nitrogens with one attached hydrogen (secondary N) is 1. The molecular formula is C7H12N2O3. The molecule has 0 spiro atoms. The van der Waals surface area contributed by atoms with E-state index in [2.05, 4.69) is 5.32 Å². The molecule has 5 heteroatoms. The standard InChI is InChI=1S/C7H12N2O3/c10-4-7(12)6-3-9(5-11)2-1-8-6/h4,6,8,11H,1-3,5H2. The zero-order valence-electron chi connectivity index (χ0n) is 6.69. The third kappa shape index (κ3) is 2.10. The molecule has 2 N–H and O–H groups in total. The fraction of sp³-hybridized carbons (Fsp3) is 0.714. The number of rotatable bonds is 3. The first kappa shape index (κ1) is 9.31. The lowest BCUT2D eigenvalue weighted by Crippen LogP contribution is -2.54. The minimum absolute atomic E-state index is 0.0652. The average molecular weight is 172 g/mol. The Kier molecular flexibility index (Phi) is 3.33. The lowest BCUT2D eigenvalue weighted by Gasteiger charge is -2.30. The molecule has 0 amide bonds. The molecule has 1 aliphatic rings. The molecule has 1 atom stereocenters. The monoisotopic (exact) mass is 172 g/mol. The largest absolute Gasteiger partial charge is 0.381 e. The van der Waals surface area contributed by atoms with Gasteiger partial charge in [0.25, 0.3) is 0 Å². The summed E-state index contributed by atoms with van der Waals surface area (Å²) in [5.41, 5.74) is 0. The normalized spacial score (nSPS) is 25.2. The van der Waals surface area contributed by atoms with Crippen molar-refractivity contribution in [3.8, 4) is 0 Å².